The maximum Gasteiger partial charge on any atom is 0.00722 e. The Hall–Kier alpha value is -0.0400. The molecule has 1 N–H and O–H groups in total. The van der Waals surface area contributed by atoms with Gasteiger partial charge >= 0.3 is 0 Å². The van der Waals surface area contributed by atoms with Crippen LogP contribution >= 0.6 is 0 Å². The summed E-state index contributed by atoms with van der Waals surface area (Å²) in [5.74, 6) is 1.01. The summed E-state index contributed by atoms with van der Waals surface area (Å²) >= 11 is 0. The lowest BCUT2D eigenvalue weighted by Crippen LogP contribution is -2.41. The van der Waals surface area contributed by atoms with E-state index in [2.05, 4.69) is 12.2 Å². The van der Waals surface area contributed by atoms with E-state index in [1.165, 1.54) is 64.2 Å². The molecule has 0 aromatic carbocycles. The summed E-state index contributed by atoms with van der Waals surface area (Å²) in [4.78, 5) is 0. The number of rotatable bonds is 3. The summed E-state index contributed by atoms with van der Waals surface area (Å²) in [5.41, 5.74) is 0. The van der Waals surface area contributed by atoms with Crippen LogP contribution in [0.5, 0.6) is 0 Å². The highest BCUT2D eigenvalue weighted by Gasteiger charge is 2.23. The van der Waals surface area contributed by atoms with Gasteiger partial charge in [-0.2, -0.15) is 0 Å². The third kappa shape index (κ3) is 3.48. The topological polar surface area (TPSA) is 12.0 Å². The zero-order chi connectivity index (χ0) is 10.5. The van der Waals surface area contributed by atoms with Crippen molar-refractivity contribution in [3.05, 3.63) is 0 Å². The molecule has 0 saturated heterocycles. The molecule has 2 rings (SSSR count). The third-order valence-electron chi connectivity index (χ3n) is 4.44. The Balaban J connectivity index is 1.72. The van der Waals surface area contributed by atoms with Gasteiger partial charge in [0.05, 0.1) is 0 Å². The van der Waals surface area contributed by atoms with Crippen LogP contribution < -0.4 is 5.32 Å². The Morgan fingerprint density at radius 3 is 2.33 bits per heavy atom. The lowest BCUT2D eigenvalue weighted by Gasteiger charge is -2.34. The molecular weight excluding hydrogens is 182 g/mol. The van der Waals surface area contributed by atoms with Crippen molar-refractivity contribution in [2.75, 3.05) is 0 Å². The molecule has 0 aromatic rings. The maximum absolute atomic E-state index is 3.92. The smallest absolute Gasteiger partial charge is 0.00722 e. The van der Waals surface area contributed by atoms with E-state index in [0.717, 1.165) is 18.0 Å². The van der Waals surface area contributed by atoms with Gasteiger partial charge in [-0.3, -0.25) is 0 Å². The molecular formula is C14H27N. The fraction of sp³-hybridized carbons (Fsp3) is 1.00. The van der Waals surface area contributed by atoms with Gasteiger partial charge in [0.1, 0.15) is 0 Å². The van der Waals surface area contributed by atoms with Crippen molar-refractivity contribution >= 4 is 0 Å². The highest BCUT2D eigenvalue weighted by molar-refractivity contribution is 4.82. The first-order valence-electron chi connectivity index (χ1n) is 7.14. The highest BCUT2D eigenvalue weighted by atomic mass is 15.0. The number of hydrogen-bond donors (Lipinski definition) is 1. The Kier molecular flexibility index (Phi) is 4.49. The molecule has 1 heteroatoms. The standard InChI is InChI=1S/C14H27N/c1-2-12-7-6-10-14(11-12)15-13-8-4-3-5-9-13/h12-15H,2-11H2,1H3/t12-,14+/m1/s1. The Morgan fingerprint density at radius 1 is 0.867 bits per heavy atom. The summed E-state index contributed by atoms with van der Waals surface area (Å²) in [6.45, 7) is 2.35. The van der Waals surface area contributed by atoms with E-state index in [0.29, 0.717) is 0 Å². The first kappa shape index (κ1) is 11.4. The van der Waals surface area contributed by atoms with Crippen LogP contribution in [0.25, 0.3) is 0 Å². The lowest BCUT2D eigenvalue weighted by atomic mass is 9.83. The minimum Gasteiger partial charge on any atom is -0.311 e. The molecule has 2 aliphatic carbocycles. The molecule has 0 amide bonds. The molecule has 0 spiro atoms. The van der Waals surface area contributed by atoms with Crippen molar-refractivity contribution in [2.24, 2.45) is 5.92 Å². The van der Waals surface area contributed by atoms with E-state index in [-0.39, 0.29) is 0 Å². The molecule has 0 bridgehead atoms. The third-order valence-corrected chi connectivity index (χ3v) is 4.44. The molecule has 2 fully saturated rings. The van der Waals surface area contributed by atoms with E-state index in [4.69, 9.17) is 0 Å². The van der Waals surface area contributed by atoms with Crippen LogP contribution in [0, 0.1) is 5.92 Å². The second-order valence-corrected chi connectivity index (χ2v) is 5.64. The fourth-order valence-electron chi connectivity index (χ4n) is 3.42. The molecule has 2 saturated carbocycles. The molecule has 2 aliphatic rings. The first-order valence-corrected chi connectivity index (χ1v) is 7.14. The average Bonchev–Trinajstić information content (AvgIpc) is 2.31. The second kappa shape index (κ2) is 5.89. The van der Waals surface area contributed by atoms with Crippen LogP contribution in [0.2, 0.25) is 0 Å². The average molecular weight is 209 g/mol. The Morgan fingerprint density at radius 2 is 1.60 bits per heavy atom. The molecule has 88 valence electrons. The lowest BCUT2D eigenvalue weighted by molar-refractivity contribution is 0.241. The fourth-order valence-corrected chi connectivity index (χ4v) is 3.42. The van der Waals surface area contributed by atoms with E-state index >= 15 is 0 Å². The molecule has 1 nitrogen and oxygen atoms in total. The van der Waals surface area contributed by atoms with Gasteiger partial charge in [-0.25, -0.2) is 0 Å². The first-order chi connectivity index (χ1) is 7.38. The van der Waals surface area contributed by atoms with Crippen molar-refractivity contribution in [1.29, 1.82) is 0 Å². The summed E-state index contributed by atoms with van der Waals surface area (Å²) in [6, 6.07) is 1.71. The van der Waals surface area contributed by atoms with Crippen LogP contribution in [0.3, 0.4) is 0 Å². The van der Waals surface area contributed by atoms with Gasteiger partial charge in [-0.1, -0.05) is 45.4 Å². The number of hydrogen-bond acceptors (Lipinski definition) is 1. The van der Waals surface area contributed by atoms with E-state index < -0.39 is 0 Å². The van der Waals surface area contributed by atoms with Crippen molar-refractivity contribution < 1.29 is 0 Å². The van der Waals surface area contributed by atoms with E-state index in [9.17, 15) is 0 Å². The molecule has 0 aromatic heterocycles. The summed E-state index contributed by atoms with van der Waals surface area (Å²) in [7, 11) is 0. The van der Waals surface area contributed by atoms with Crippen LogP contribution in [-0.4, -0.2) is 12.1 Å². The second-order valence-electron chi connectivity index (χ2n) is 5.64. The Bertz CT molecular complexity index is 172. The van der Waals surface area contributed by atoms with Gasteiger partial charge in [0.15, 0.2) is 0 Å². The van der Waals surface area contributed by atoms with Gasteiger partial charge < -0.3 is 5.32 Å². The predicted molar refractivity (Wildman–Crippen MR) is 66.0 cm³/mol. The van der Waals surface area contributed by atoms with E-state index in [1.807, 2.05) is 0 Å². The van der Waals surface area contributed by atoms with Gasteiger partial charge in [0.2, 0.25) is 0 Å². The van der Waals surface area contributed by atoms with Crippen molar-refractivity contribution in [2.45, 2.75) is 83.2 Å². The zero-order valence-electron chi connectivity index (χ0n) is 10.3. The molecule has 0 aliphatic heterocycles. The molecule has 0 radical (unpaired) electrons. The van der Waals surface area contributed by atoms with Gasteiger partial charge in [-0.05, 0) is 31.6 Å². The quantitative estimate of drug-likeness (QED) is 0.744. The van der Waals surface area contributed by atoms with Crippen molar-refractivity contribution in [3.8, 4) is 0 Å². The molecule has 2 atom stereocenters. The van der Waals surface area contributed by atoms with Crippen molar-refractivity contribution in [3.63, 3.8) is 0 Å². The largest absolute Gasteiger partial charge is 0.311 e. The number of nitrogens with one attached hydrogen (secondary N) is 1. The summed E-state index contributed by atoms with van der Waals surface area (Å²) < 4.78 is 0. The van der Waals surface area contributed by atoms with Crippen LogP contribution in [-0.2, 0) is 0 Å². The minimum absolute atomic E-state index is 0.854. The SMILES string of the molecule is CC[C@@H]1CCC[C@H](NC2CCCCC2)C1. The molecule has 15 heavy (non-hydrogen) atoms. The van der Waals surface area contributed by atoms with Crippen LogP contribution in [0.4, 0.5) is 0 Å². The van der Waals surface area contributed by atoms with Crippen LogP contribution in [0.1, 0.15) is 71.1 Å². The minimum atomic E-state index is 0.854. The predicted octanol–water partition coefficient (Wildman–Crippen LogP) is 3.88. The highest BCUT2D eigenvalue weighted by Crippen LogP contribution is 2.28. The van der Waals surface area contributed by atoms with E-state index in [1.54, 1.807) is 0 Å². The molecule has 0 unspecified atom stereocenters. The molecule has 0 heterocycles. The van der Waals surface area contributed by atoms with Gasteiger partial charge in [-0.15, -0.1) is 0 Å². The van der Waals surface area contributed by atoms with Crippen LogP contribution in [0.15, 0.2) is 0 Å². The van der Waals surface area contributed by atoms with Gasteiger partial charge in [0.25, 0.3) is 0 Å². The summed E-state index contributed by atoms with van der Waals surface area (Å²) in [5, 5.41) is 3.92. The monoisotopic (exact) mass is 209 g/mol. The van der Waals surface area contributed by atoms with Crippen molar-refractivity contribution in [1.82, 2.24) is 5.32 Å². The normalized spacial score (nSPS) is 34.2. The summed E-state index contributed by atoms with van der Waals surface area (Å²) in [6.07, 6.45) is 14.5. The van der Waals surface area contributed by atoms with Gasteiger partial charge in [0, 0.05) is 12.1 Å². The maximum atomic E-state index is 3.92. The Labute approximate surface area is 95.0 Å². The zero-order valence-corrected chi connectivity index (χ0v) is 10.3.